The van der Waals surface area contributed by atoms with Crippen molar-refractivity contribution in [2.75, 3.05) is 12.0 Å². The second-order valence-electron chi connectivity index (χ2n) is 8.19. The highest BCUT2D eigenvalue weighted by molar-refractivity contribution is 6.31. The second kappa shape index (κ2) is 8.14. The van der Waals surface area contributed by atoms with Crippen LogP contribution in [0, 0.1) is 11.8 Å². The molecular weight excluding hydrogens is 440 g/mol. The van der Waals surface area contributed by atoms with Crippen molar-refractivity contribution in [2.45, 2.75) is 11.6 Å². The molecule has 6 nitrogen and oxygen atoms in total. The molecule has 2 saturated heterocycles. The van der Waals surface area contributed by atoms with Crippen molar-refractivity contribution in [3.8, 4) is 0 Å². The topological polar surface area (TPSA) is 75.7 Å². The van der Waals surface area contributed by atoms with Gasteiger partial charge in [0.1, 0.15) is 0 Å². The van der Waals surface area contributed by atoms with Gasteiger partial charge in [-0.15, -0.1) is 0 Å². The third kappa shape index (κ3) is 3.17. The number of benzene rings is 3. The Bertz CT molecular complexity index is 1220. The number of nitrogens with one attached hydrogen (secondary N) is 1. The van der Waals surface area contributed by atoms with Crippen LogP contribution in [-0.2, 0) is 24.7 Å². The summed E-state index contributed by atoms with van der Waals surface area (Å²) < 4.78 is 5.22. The molecule has 3 aromatic rings. The second-order valence-corrected chi connectivity index (χ2v) is 8.63. The van der Waals surface area contributed by atoms with Crippen LogP contribution in [0.15, 0.2) is 84.9 Å². The Labute approximate surface area is 196 Å². The number of hydrogen-bond acceptors (Lipinski definition) is 5. The third-order valence-corrected chi connectivity index (χ3v) is 6.79. The van der Waals surface area contributed by atoms with E-state index in [2.05, 4.69) is 5.32 Å². The number of methoxy groups -OCH3 is 1. The number of imide groups is 1. The summed E-state index contributed by atoms with van der Waals surface area (Å²) in [6.07, 6.45) is 0. The van der Waals surface area contributed by atoms with E-state index in [1.54, 1.807) is 48.5 Å². The molecule has 0 bridgehead atoms. The minimum absolute atomic E-state index is 0.365. The first kappa shape index (κ1) is 21.4. The summed E-state index contributed by atoms with van der Waals surface area (Å²) in [5, 5.41) is 3.86. The number of anilines is 1. The van der Waals surface area contributed by atoms with E-state index in [1.807, 2.05) is 36.4 Å². The number of hydrogen-bond donors (Lipinski definition) is 1. The summed E-state index contributed by atoms with van der Waals surface area (Å²) in [5.74, 6) is -3.21. The fourth-order valence-corrected chi connectivity index (χ4v) is 5.26. The third-order valence-electron chi connectivity index (χ3n) is 6.54. The number of nitrogens with zero attached hydrogens (tertiary/aromatic N) is 1. The van der Waals surface area contributed by atoms with E-state index in [-0.39, 0.29) is 5.91 Å². The highest BCUT2D eigenvalue weighted by Gasteiger charge is 2.69. The average molecular weight is 461 g/mol. The Morgan fingerprint density at radius 3 is 2.12 bits per heavy atom. The monoisotopic (exact) mass is 460 g/mol. The van der Waals surface area contributed by atoms with Gasteiger partial charge in [-0.05, 0) is 35.4 Å². The Morgan fingerprint density at radius 1 is 0.909 bits per heavy atom. The van der Waals surface area contributed by atoms with Crippen LogP contribution < -0.4 is 10.2 Å². The Balaban J connectivity index is 1.72. The molecule has 3 aromatic carbocycles. The molecule has 2 aliphatic heterocycles. The zero-order chi connectivity index (χ0) is 23.2. The number of amides is 2. The number of fused-ring (bicyclic) bond motifs is 1. The van der Waals surface area contributed by atoms with Gasteiger partial charge < -0.3 is 4.74 Å². The molecule has 2 amide bonds. The normalized spacial score (nSPS) is 26.4. The summed E-state index contributed by atoms with van der Waals surface area (Å²) >= 11 is 6.02. The van der Waals surface area contributed by atoms with Gasteiger partial charge in [-0.2, -0.15) is 0 Å². The van der Waals surface area contributed by atoms with Gasteiger partial charge in [-0.25, -0.2) is 9.69 Å². The van der Waals surface area contributed by atoms with Crippen LogP contribution in [-0.4, -0.2) is 24.9 Å². The van der Waals surface area contributed by atoms with Crippen molar-refractivity contribution in [3.63, 3.8) is 0 Å². The number of ether oxygens (including phenoxy) is 1. The standard InChI is InChI=1S/C26H21ClN2O4/c1-33-25(32)26(17-10-6-3-7-11-17)21-20(22(28-26)16-8-4-2-5-9-16)23(30)29(24(21)31)19-14-12-18(27)13-15-19/h2-15,20-22,28H,1H3/t20-,21-,22+,26-/m1/s1. The SMILES string of the molecule is COC(=O)[C@]1(c2ccccc2)N[C@@H](c2ccccc2)[C@@H]2C(=O)N(c3ccc(Cl)cc3)C(=O)[C@@H]21. The van der Waals surface area contributed by atoms with E-state index < -0.39 is 35.3 Å². The molecule has 2 fully saturated rings. The van der Waals surface area contributed by atoms with Gasteiger partial charge in [0, 0.05) is 11.1 Å². The molecule has 2 aliphatic rings. The van der Waals surface area contributed by atoms with Crippen LogP contribution >= 0.6 is 11.6 Å². The van der Waals surface area contributed by atoms with Crippen molar-refractivity contribution >= 4 is 35.1 Å². The van der Waals surface area contributed by atoms with E-state index in [4.69, 9.17) is 16.3 Å². The number of rotatable bonds is 4. The Hall–Kier alpha value is -3.48. The number of carbonyl (C=O) groups is 3. The molecule has 166 valence electrons. The van der Waals surface area contributed by atoms with Crippen molar-refractivity contribution in [1.82, 2.24) is 5.32 Å². The average Bonchev–Trinajstić information content (AvgIpc) is 3.35. The molecule has 33 heavy (non-hydrogen) atoms. The molecule has 0 radical (unpaired) electrons. The highest BCUT2D eigenvalue weighted by Crippen LogP contribution is 2.54. The van der Waals surface area contributed by atoms with E-state index in [0.717, 1.165) is 5.56 Å². The van der Waals surface area contributed by atoms with E-state index in [0.29, 0.717) is 16.3 Å². The summed E-state index contributed by atoms with van der Waals surface area (Å²) in [6, 6.07) is 24.3. The molecule has 0 aliphatic carbocycles. The first-order valence-corrected chi connectivity index (χ1v) is 11.0. The predicted octanol–water partition coefficient (Wildman–Crippen LogP) is 3.86. The number of halogens is 1. The molecule has 0 unspecified atom stereocenters. The van der Waals surface area contributed by atoms with Crippen LogP contribution in [0.2, 0.25) is 5.02 Å². The number of esters is 1. The fourth-order valence-electron chi connectivity index (χ4n) is 5.13. The minimum atomic E-state index is -1.52. The lowest BCUT2D eigenvalue weighted by Crippen LogP contribution is -2.53. The van der Waals surface area contributed by atoms with Gasteiger partial charge >= 0.3 is 5.97 Å². The van der Waals surface area contributed by atoms with E-state index in [1.165, 1.54) is 12.0 Å². The lowest BCUT2D eigenvalue weighted by molar-refractivity contribution is -0.152. The molecule has 0 saturated carbocycles. The first-order valence-electron chi connectivity index (χ1n) is 10.6. The van der Waals surface area contributed by atoms with Crippen molar-refractivity contribution in [3.05, 3.63) is 101 Å². The largest absolute Gasteiger partial charge is 0.467 e. The Kier molecular flexibility index (Phi) is 5.27. The molecular formula is C26H21ClN2O4. The van der Waals surface area contributed by atoms with Crippen molar-refractivity contribution < 1.29 is 19.1 Å². The maximum absolute atomic E-state index is 13.9. The molecule has 5 rings (SSSR count). The summed E-state index contributed by atoms with van der Waals surface area (Å²) in [5.41, 5.74) is 0.287. The van der Waals surface area contributed by atoms with Crippen LogP contribution in [0.3, 0.4) is 0 Å². The van der Waals surface area contributed by atoms with Crippen molar-refractivity contribution in [1.29, 1.82) is 0 Å². The van der Waals surface area contributed by atoms with E-state index >= 15 is 0 Å². The molecule has 0 aromatic heterocycles. The van der Waals surface area contributed by atoms with Gasteiger partial charge in [0.05, 0.1) is 24.6 Å². The van der Waals surface area contributed by atoms with Gasteiger partial charge in [-0.1, -0.05) is 72.3 Å². The zero-order valence-corrected chi connectivity index (χ0v) is 18.5. The number of carbonyl (C=O) groups excluding carboxylic acids is 3. The van der Waals surface area contributed by atoms with Crippen LogP contribution in [0.5, 0.6) is 0 Å². The zero-order valence-electron chi connectivity index (χ0n) is 17.8. The maximum atomic E-state index is 13.9. The van der Waals surface area contributed by atoms with E-state index in [9.17, 15) is 14.4 Å². The van der Waals surface area contributed by atoms with Gasteiger partial charge in [0.25, 0.3) is 0 Å². The van der Waals surface area contributed by atoms with Gasteiger partial charge in [0.15, 0.2) is 5.54 Å². The lowest BCUT2D eigenvalue weighted by atomic mass is 9.75. The molecule has 2 heterocycles. The highest BCUT2D eigenvalue weighted by atomic mass is 35.5. The van der Waals surface area contributed by atoms with Crippen LogP contribution in [0.4, 0.5) is 5.69 Å². The molecule has 4 atom stereocenters. The molecule has 7 heteroatoms. The summed E-state index contributed by atoms with van der Waals surface area (Å²) in [7, 11) is 1.29. The van der Waals surface area contributed by atoms with Gasteiger partial charge in [-0.3, -0.25) is 14.9 Å². The smallest absolute Gasteiger partial charge is 0.331 e. The minimum Gasteiger partial charge on any atom is -0.467 e. The quantitative estimate of drug-likeness (QED) is 0.472. The van der Waals surface area contributed by atoms with Crippen LogP contribution in [0.1, 0.15) is 17.2 Å². The summed E-state index contributed by atoms with van der Waals surface area (Å²) in [4.78, 5) is 42.3. The first-order chi connectivity index (χ1) is 16.0. The fraction of sp³-hybridized carbons (Fsp3) is 0.192. The molecule has 1 N–H and O–H groups in total. The predicted molar refractivity (Wildman–Crippen MR) is 123 cm³/mol. The van der Waals surface area contributed by atoms with Crippen LogP contribution in [0.25, 0.3) is 0 Å². The van der Waals surface area contributed by atoms with Crippen molar-refractivity contribution in [2.24, 2.45) is 11.8 Å². The summed E-state index contributed by atoms with van der Waals surface area (Å²) in [6.45, 7) is 0. The Morgan fingerprint density at radius 2 is 1.52 bits per heavy atom. The lowest BCUT2D eigenvalue weighted by Gasteiger charge is -2.33. The van der Waals surface area contributed by atoms with Gasteiger partial charge in [0.2, 0.25) is 11.8 Å². The maximum Gasteiger partial charge on any atom is 0.331 e. The molecule has 0 spiro atoms.